The lowest BCUT2D eigenvalue weighted by molar-refractivity contribution is -0.325. The van der Waals surface area contributed by atoms with Crippen molar-refractivity contribution in [3.8, 4) is 0 Å². The number of carbonyl (C=O) groups excluding carboxylic acids is 1. The third-order valence-electron chi connectivity index (χ3n) is 3.56. The fraction of sp³-hybridized carbons (Fsp3) is 0.500. The monoisotopic (exact) mass is 344 g/mol. The number of rotatable bonds is 6. The van der Waals surface area contributed by atoms with Gasteiger partial charge in [0.1, 0.15) is 12.2 Å². The molecule has 1 saturated heterocycles. The second kappa shape index (κ2) is 7.37. The molecule has 9 heteroatoms. The Morgan fingerprint density at radius 1 is 1.35 bits per heavy atom. The van der Waals surface area contributed by atoms with Gasteiger partial charge in [-0.2, -0.15) is 0 Å². The molecule has 8 nitrogen and oxygen atoms in total. The van der Waals surface area contributed by atoms with Crippen LogP contribution in [-0.4, -0.2) is 43.9 Å². The van der Waals surface area contributed by atoms with Gasteiger partial charge in [0, 0.05) is 5.92 Å². The number of hydrogen-bond acceptors (Lipinski definition) is 8. The lowest BCUT2D eigenvalue weighted by Crippen LogP contribution is -2.56. The van der Waals surface area contributed by atoms with E-state index in [2.05, 4.69) is 4.18 Å². The minimum absolute atomic E-state index is 0.106. The van der Waals surface area contributed by atoms with Crippen molar-refractivity contribution in [1.82, 2.24) is 0 Å². The van der Waals surface area contributed by atoms with Crippen molar-refractivity contribution in [2.24, 2.45) is 5.92 Å². The molecule has 0 bridgehead atoms. The summed E-state index contributed by atoms with van der Waals surface area (Å²) in [5.41, 5.74) is 0.805. The molecule has 0 spiro atoms. The van der Waals surface area contributed by atoms with Crippen LogP contribution in [0.5, 0.6) is 0 Å². The Morgan fingerprint density at radius 2 is 2.00 bits per heavy atom. The molecular formula is C14H16O8S-2. The van der Waals surface area contributed by atoms with Gasteiger partial charge in [-0.25, -0.2) is 8.42 Å². The van der Waals surface area contributed by atoms with E-state index in [-0.39, 0.29) is 6.61 Å². The zero-order chi connectivity index (χ0) is 17.0. The molecule has 1 aliphatic rings. The first-order valence-corrected chi connectivity index (χ1v) is 8.23. The first-order chi connectivity index (χ1) is 10.8. The van der Waals surface area contributed by atoms with Crippen molar-refractivity contribution in [3.05, 3.63) is 35.9 Å². The number of hydrogen-bond donors (Lipinski definition) is 0. The van der Waals surface area contributed by atoms with Gasteiger partial charge in [0.25, 0.3) is 0 Å². The molecule has 2 rings (SSSR count). The lowest BCUT2D eigenvalue weighted by Gasteiger charge is -2.41. The van der Waals surface area contributed by atoms with Crippen LogP contribution in [0.2, 0.25) is 0 Å². The van der Waals surface area contributed by atoms with Crippen molar-refractivity contribution in [1.29, 1.82) is 0 Å². The second-order valence-corrected chi connectivity index (χ2v) is 6.25. The van der Waals surface area contributed by atoms with Crippen molar-refractivity contribution >= 4 is 16.4 Å². The van der Waals surface area contributed by atoms with Gasteiger partial charge in [-0.05, 0) is 5.56 Å². The molecule has 1 aliphatic heterocycles. The van der Waals surface area contributed by atoms with Gasteiger partial charge in [0.05, 0.1) is 25.3 Å². The Morgan fingerprint density at radius 3 is 2.57 bits per heavy atom. The molecule has 0 saturated carbocycles. The van der Waals surface area contributed by atoms with Crippen LogP contribution in [0.1, 0.15) is 12.5 Å². The van der Waals surface area contributed by atoms with Crippen LogP contribution in [0.3, 0.4) is 0 Å². The van der Waals surface area contributed by atoms with E-state index in [9.17, 15) is 22.9 Å². The molecule has 0 amide bonds. The fourth-order valence-electron chi connectivity index (χ4n) is 2.50. The van der Waals surface area contributed by atoms with Crippen LogP contribution >= 0.6 is 0 Å². The molecule has 0 N–H and O–H groups in total. The first-order valence-electron chi connectivity index (χ1n) is 6.90. The van der Waals surface area contributed by atoms with Crippen molar-refractivity contribution in [2.75, 3.05) is 6.61 Å². The molecule has 0 aromatic heterocycles. The summed E-state index contributed by atoms with van der Waals surface area (Å²) in [5.74, 6) is -2.20. The van der Waals surface area contributed by atoms with E-state index in [0.717, 1.165) is 5.56 Å². The fourth-order valence-corrected chi connectivity index (χ4v) is 2.97. The van der Waals surface area contributed by atoms with Crippen molar-refractivity contribution in [3.63, 3.8) is 0 Å². The number of aliphatic carboxylic acids is 1. The summed E-state index contributed by atoms with van der Waals surface area (Å²) in [5, 5.41) is 11.1. The van der Waals surface area contributed by atoms with Crippen LogP contribution in [0, 0.1) is 5.92 Å². The van der Waals surface area contributed by atoms with E-state index in [1.165, 1.54) is 6.92 Å². The summed E-state index contributed by atoms with van der Waals surface area (Å²) in [6.45, 7) is 1.21. The van der Waals surface area contributed by atoms with Crippen molar-refractivity contribution in [2.45, 2.75) is 31.8 Å². The number of benzene rings is 1. The number of carboxylic acids is 1. The summed E-state index contributed by atoms with van der Waals surface area (Å²) in [4.78, 5) is 11.1. The molecule has 4 atom stereocenters. The van der Waals surface area contributed by atoms with Crippen LogP contribution < -0.4 is 5.11 Å². The number of ether oxygens (including phenoxy) is 2. The van der Waals surface area contributed by atoms with Gasteiger partial charge in [-0.15, -0.1) is 0 Å². The van der Waals surface area contributed by atoms with Crippen LogP contribution in [0.4, 0.5) is 0 Å². The summed E-state index contributed by atoms with van der Waals surface area (Å²) in [6.07, 6.45) is -3.44. The molecule has 23 heavy (non-hydrogen) atoms. The standard InChI is InChI=1S/C14H18O8S/c1-9-12(20-7-10-5-3-2-4-6-10)11(22-23(17,18)19)8-21-13(9)14(15)16/h2-6,9,11-13H,7-8H2,1H3,(H,15,16)(H,17,18,19)/p-2/t9-,11?,12+,13?/m1/s1. The highest BCUT2D eigenvalue weighted by Gasteiger charge is 2.41. The van der Waals surface area contributed by atoms with Gasteiger partial charge in [0.15, 0.2) is 0 Å². The topological polar surface area (TPSA) is 125 Å². The third kappa shape index (κ3) is 4.98. The third-order valence-corrected chi connectivity index (χ3v) is 4.04. The van der Waals surface area contributed by atoms with Gasteiger partial charge < -0.3 is 23.9 Å². The maximum Gasteiger partial charge on any atom is 0.218 e. The van der Waals surface area contributed by atoms with E-state index < -0.39 is 47.2 Å². The minimum atomic E-state index is -4.97. The van der Waals surface area contributed by atoms with E-state index in [4.69, 9.17) is 9.47 Å². The highest BCUT2D eigenvalue weighted by molar-refractivity contribution is 7.80. The van der Waals surface area contributed by atoms with Gasteiger partial charge in [-0.1, -0.05) is 37.3 Å². The summed E-state index contributed by atoms with van der Waals surface area (Å²) in [7, 11) is -4.97. The highest BCUT2D eigenvalue weighted by atomic mass is 32.3. The Bertz CT molecular complexity index is 629. The molecule has 2 unspecified atom stereocenters. The SMILES string of the molecule is C[C@H]1C(C(=O)[O-])OCC(OS(=O)(=O)[O-])[C@H]1OCc1ccccc1. The maximum absolute atomic E-state index is 11.1. The quantitative estimate of drug-likeness (QED) is 0.485. The maximum atomic E-state index is 11.1. The molecular weight excluding hydrogens is 328 g/mol. The number of carboxylic acid groups (broad SMARTS) is 1. The molecule has 1 fully saturated rings. The predicted molar refractivity (Wildman–Crippen MR) is 73.5 cm³/mol. The molecule has 0 radical (unpaired) electrons. The molecule has 0 aliphatic carbocycles. The average molecular weight is 344 g/mol. The smallest absolute Gasteiger partial charge is 0.218 e. The van der Waals surface area contributed by atoms with Gasteiger partial charge >= 0.3 is 0 Å². The lowest BCUT2D eigenvalue weighted by atomic mass is 9.91. The Hall–Kier alpha value is -1.52. The zero-order valence-corrected chi connectivity index (χ0v) is 13.1. The van der Waals surface area contributed by atoms with Crippen LogP contribution in [-0.2, 0) is 35.5 Å². The summed E-state index contributed by atoms with van der Waals surface area (Å²) < 4.78 is 47.5. The molecule has 1 heterocycles. The van der Waals surface area contributed by atoms with E-state index in [1.807, 2.05) is 6.07 Å². The highest BCUT2D eigenvalue weighted by Crippen LogP contribution is 2.27. The minimum Gasteiger partial charge on any atom is -0.726 e. The Kier molecular flexibility index (Phi) is 5.71. The van der Waals surface area contributed by atoms with Crippen LogP contribution in [0.15, 0.2) is 30.3 Å². The van der Waals surface area contributed by atoms with E-state index >= 15 is 0 Å². The summed E-state index contributed by atoms with van der Waals surface area (Å²) >= 11 is 0. The van der Waals surface area contributed by atoms with Crippen LogP contribution in [0.25, 0.3) is 0 Å². The zero-order valence-electron chi connectivity index (χ0n) is 12.3. The Balaban J connectivity index is 2.13. The largest absolute Gasteiger partial charge is 0.726 e. The number of carbonyl (C=O) groups is 1. The average Bonchev–Trinajstić information content (AvgIpc) is 2.46. The molecule has 1 aromatic rings. The molecule has 1 aromatic carbocycles. The van der Waals surface area contributed by atoms with Crippen molar-refractivity contribution < 1.29 is 36.5 Å². The Labute approximate surface area is 133 Å². The first kappa shape index (κ1) is 17.8. The van der Waals surface area contributed by atoms with Gasteiger partial charge in [0.2, 0.25) is 10.4 Å². The predicted octanol–water partition coefficient (Wildman–Crippen LogP) is -0.798. The molecule has 128 valence electrons. The van der Waals surface area contributed by atoms with E-state index in [1.54, 1.807) is 24.3 Å². The normalized spacial score (nSPS) is 28.4. The summed E-state index contributed by atoms with van der Waals surface area (Å²) in [6, 6.07) is 9.00. The van der Waals surface area contributed by atoms with E-state index in [0.29, 0.717) is 0 Å². The second-order valence-electron chi connectivity index (χ2n) is 5.24. The van der Waals surface area contributed by atoms with Gasteiger partial charge in [-0.3, -0.25) is 4.18 Å².